The number of aromatic nitrogens is 1. The standard InChI is InChI=1S/C24H21FN2O5/c1-13-17(6-14-7-21(30-2)23(28)22(8-14)31-3)16-5-4-15(25)9-18(16)19(13)10-26-24(29)20-11-32-12-27-20/h4-9,11-12,28H,10H2,1-3H3,(H,26,29)/b17-6-. The number of allylic oxidation sites excluding steroid dienone is 2. The number of halogens is 1. The van der Waals surface area contributed by atoms with Crippen molar-refractivity contribution in [2.24, 2.45) is 0 Å². The fourth-order valence-corrected chi connectivity index (χ4v) is 3.73. The van der Waals surface area contributed by atoms with Gasteiger partial charge in [0.15, 0.2) is 23.6 Å². The maximum atomic E-state index is 14.1. The summed E-state index contributed by atoms with van der Waals surface area (Å²) in [5, 5.41) is 13.0. The second-order valence-electron chi connectivity index (χ2n) is 7.18. The van der Waals surface area contributed by atoms with E-state index in [-0.39, 0.29) is 41.2 Å². The number of phenols is 1. The Morgan fingerprint density at radius 2 is 1.91 bits per heavy atom. The van der Waals surface area contributed by atoms with Crippen molar-refractivity contribution >= 4 is 23.1 Å². The van der Waals surface area contributed by atoms with Crippen LogP contribution in [-0.4, -0.2) is 36.8 Å². The lowest BCUT2D eigenvalue weighted by atomic mass is 10.00. The number of aromatic hydroxyl groups is 1. The third-order valence-electron chi connectivity index (χ3n) is 5.36. The third-order valence-corrected chi connectivity index (χ3v) is 5.36. The fourth-order valence-electron chi connectivity index (χ4n) is 3.73. The van der Waals surface area contributed by atoms with E-state index >= 15 is 0 Å². The van der Waals surface area contributed by atoms with E-state index in [2.05, 4.69) is 10.3 Å². The van der Waals surface area contributed by atoms with Gasteiger partial charge in [-0.25, -0.2) is 9.37 Å². The molecule has 1 aliphatic carbocycles. The number of amides is 1. The number of hydrogen-bond acceptors (Lipinski definition) is 6. The van der Waals surface area contributed by atoms with E-state index in [1.54, 1.807) is 18.2 Å². The van der Waals surface area contributed by atoms with Gasteiger partial charge in [0.1, 0.15) is 12.1 Å². The van der Waals surface area contributed by atoms with Crippen molar-refractivity contribution in [3.63, 3.8) is 0 Å². The van der Waals surface area contributed by atoms with Gasteiger partial charge in [0.05, 0.1) is 14.2 Å². The minimum Gasteiger partial charge on any atom is -0.502 e. The number of rotatable bonds is 6. The number of ether oxygens (including phenoxy) is 2. The molecule has 0 aliphatic heterocycles. The van der Waals surface area contributed by atoms with Gasteiger partial charge in [-0.05, 0) is 70.7 Å². The summed E-state index contributed by atoms with van der Waals surface area (Å²) in [6.07, 6.45) is 4.35. The molecule has 4 rings (SSSR count). The zero-order valence-electron chi connectivity index (χ0n) is 17.7. The highest BCUT2D eigenvalue weighted by molar-refractivity contribution is 6.06. The van der Waals surface area contributed by atoms with Crippen LogP contribution in [0.4, 0.5) is 4.39 Å². The van der Waals surface area contributed by atoms with Crippen LogP contribution in [0.15, 0.2) is 53.0 Å². The van der Waals surface area contributed by atoms with E-state index in [9.17, 15) is 14.3 Å². The van der Waals surface area contributed by atoms with E-state index in [1.165, 1.54) is 39.0 Å². The molecule has 164 valence electrons. The molecular formula is C24H21FN2O5. The first-order valence-corrected chi connectivity index (χ1v) is 9.76. The number of hydrogen-bond donors (Lipinski definition) is 2. The number of fused-ring (bicyclic) bond motifs is 1. The zero-order chi connectivity index (χ0) is 22.8. The molecule has 0 spiro atoms. The highest BCUT2D eigenvalue weighted by atomic mass is 19.1. The van der Waals surface area contributed by atoms with Crippen LogP contribution < -0.4 is 14.8 Å². The predicted octanol–water partition coefficient (Wildman–Crippen LogP) is 4.29. The molecule has 1 amide bonds. The lowest BCUT2D eigenvalue weighted by Gasteiger charge is -2.11. The fraction of sp³-hybridized carbons (Fsp3) is 0.167. The number of carbonyl (C=O) groups excluding carboxylic acids is 1. The van der Waals surface area contributed by atoms with Gasteiger partial charge in [0, 0.05) is 6.54 Å². The van der Waals surface area contributed by atoms with Crippen LogP contribution in [0.25, 0.3) is 17.2 Å². The van der Waals surface area contributed by atoms with Gasteiger partial charge in [0.2, 0.25) is 5.75 Å². The second kappa shape index (κ2) is 8.58. The molecule has 0 unspecified atom stereocenters. The summed E-state index contributed by atoms with van der Waals surface area (Å²) in [5.41, 5.74) is 4.97. The Morgan fingerprint density at radius 1 is 1.19 bits per heavy atom. The number of phenolic OH excluding ortho intramolecular Hbond substituents is 1. The van der Waals surface area contributed by atoms with Gasteiger partial charge in [-0.3, -0.25) is 4.79 Å². The Morgan fingerprint density at radius 3 is 2.53 bits per heavy atom. The Bertz CT molecular complexity index is 1220. The molecule has 1 heterocycles. The van der Waals surface area contributed by atoms with E-state index < -0.39 is 0 Å². The zero-order valence-corrected chi connectivity index (χ0v) is 17.7. The number of benzene rings is 2. The van der Waals surface area contributed by atoms with Gasteiger partial charge >= 0.3 is 0 Å². The van der Waals surface area contributed by atoms with Crippen LogP contribution in [-0.2, 0) is 0 Å². The van der Waals surface area contributed by atoms with Crippen molar-refractivity contribution in [3.8, 4) is 17.2 Å². The van der Waals surface area contributed by atoms with Crippen LogP contribution in [0.2, 0.25) is 0 Å². The molecule has 0 saturated carbocycles. The van der Waals surface area contributed by atoms with E-state index in [1.807, 2.05) is 13.0 Å². The van der Waals surface area contributed by atoms with Crippen LogP contribution >= 0.6 is 0 Å². The van der Waals surface area contributed by atoms with Gasteiger partial charge in [-0.2, -0.15) is 0 Å². The molecule has 3 aromatic rings. The summed E-state index contributed by atoms with van der Waals surface area (Å²) in [7, 11) is 2.92. The summed E-state index contributed by atoms with van der Waals surface area (Å²) >= 11 is 0. The largest absolute Gasteiger partial charge is 0.502 e. The van der Waals surface area contributed by atoms with Crippen LogP contribution in [0.3, 0.4) is 0 Å². The summed E-state index contributed by atoms with van der Waals surface area (Å²) in [6.45, 7) is 2.10. The minimum absolute atomic E-state index is 0.0884. The van der Waals surface area contributed by atoms with Crippen molar-refractivity contribution in [3.05, 3.63) is 76.8 Å². The molecule has 2 N–H and O–H groups in total. The van der Waals surface area contributed by atoms with Gasteiger partial charge in [-0.1, -0.05) is 6.07 Å². The maximum absolute atomic E-state index is 14.1. The Labute approximate surface area is 183 Å². The SMILES string of the molecule is COc1cc(/C=C2/C(C)=C(CNC(=O)c3cocn3)c3cc(F)ccc32)cc(OC)c1O. The quantitative estimate of drug-likeness (QED) is 0.599. The van der Waals surface area contributed by atoms with Crippen molar-refractivity contribution in [1.29, 1.82) is 0 Å². The topological polar surface area (TPSA) is 93.8 Å². The molecule has 8 heteroatoms. The Hall–Kier alpha value is -4.07. The molecule has 1 aromatic heterocycles. The average molecular weight is 436 g/mol. The van der Waals surface area contributed by atoms with Gasteiger partial charge in [-0.15, -0.1) is 0 Å². The molecule has 7 nitrogen and oxygen atoms in total. The molecule has 1 aliphatic rings. The first-order chi connectivity index (χ1) is 15.4. The van der Waals surface area contributed by atoms with E-state index in [4.69, 9.17) is 13.9 Å². The molecule has 2 aromatic carbocycles. The molecular weight excluding hydrogens is 415 g/mol. The molecule has 0 atom stereocenters. The highest BCUT2D eigenvalue weighted by Crippen LogP contribution is 2.44. The first kappa shape index (κ1) is 21.2. The van der Waals surface area contributed by atoms with Crippen molar-refractivity contribution in [2.75, 3.05) is 20.8 Å². The number of methoxy groups -OCH3 is 2. The van der Waals surface area contributed by atoms with Crippen LogP contribution in [0.1, 0.15) is 34.1 Å². The van der Waals surface area contributed by atoms with Crippen LogP contribution in [0.5, 0.6) is 17.2 Å². The lowest BCUT2D eigenvalue weighted by Crippen LogP contribution is -2.25. The summed E-state index contributed by atoms with van der Waals surface area (Å²) in [6, 6.07) is 7.93. The van der Waals surface area contributed by atoms with Crippen LogP contribution in [0, 0.1) is 5.82 Å². The van der Waals surface area contributed by atoms with E-state index in [0.717, 1.165) is 27.8 Å². The number of nitrogens with one attached hydrogen (secondary N) is 1. The molecule has 0 radical (unpaired) electrons. The third kappa shape index (κ3) is 3.82. The highest BCUT2D eigenvalue weighted by Gasteiger charge is 2.25. The molecule has 0 saturated heterocycles. The average Bonchev–Trinajstić information content (AvgIpc) is 3.41. The first-order valence-electron chi connectivity index (χ1n) is 9.76. The number of carbonyl (C=O) groups is 1. The molecule has 0 fully saturated rings. The van der Waals surface area contributed by atoms with Crippen molar-refractivity contribution in [2.45, 2.75) is 6.92 Å². The van der Waals surface area contributed by atoms with Crippen molar-refractivity contribution in [1.82, 2.24) is 10.3 Å². The molecule has 0 bridgehead atoms. The lowest BCUT2D eigenvalue weighted by molar-refractivity contribution is 0.0953. The molecule has 32 heavy (non-hydrogen) atoms. The Kier molecular flexibility index (Phi) is 5.68. The number of nitrogens with zero attached hydrogens (tertiary/aromatic N) is 1. The monoisotopic (exact) mass is 436 g/mol. The smallest absolute Gasteiger partial charge is 0.273 e. The van der Waals surface area contributed by atoms with E-state index in [0.29, 0.717) is 5.56 Å². The Balaban J connectivity index is 1.75. The van der Waals surface area contributed by atoms with Gasteiger partial charge in [0.25, 0.3) is 5.91 Å². The van der Waals surface area contributed by atoms with Gasteiger partial charge < -0.3 is 24.3 Å². The second-order valence-corrected chi connectivity index (χ2v) is 7.18. The summed E-state index contributed by atoms with van der Waals surface area (Å²) in [4.78, 5) is 16.1. The van der Waals surface area contributed by atoms with Crippen molar-refractivity contribution < 1.29 is 28.2 Å². The summed E-state index contributed by atoms with van der Waals surface area (Å²) < 4.78 is 29.4. The predicted molar refractivity (Wildman–Crippen MR) is 117 cm³/mol. The number of oxazole rings is 1. The maximum Gasteiger partial charge on any atom is 0.273 e. The summed E-state index contributed by atoms with van der Waals surface area (Å²) in [5.74, 6) is -0.298. The normalized spacial score (nSPS) is 13.9. The minimum atomic E-state index is -0.387.